The van der Waals surface area contributed by atoms with E-state index in [1.165, 1.54) is 0 Å². The molecule has 1 heterocycles. The highest BCUT2D eigenvalue weighted by molar-refractivity contribution is 5.83. The summed E-state index contributed by atoms with van der Waals surface area (Å²) < 4.78 is 38.6. The van der Waals surface area contributed by atoms with Gasteiger partial charge in [-0.2, -0.15) is 0 Å². The molecule has 0 aromatic rings. The first-order valence-corrected chi connectivity index (χ1v) is 5.01. The van der Waals surface area contributed by atoms with Crippen molar-refractivity contribution in [2.45, 2.75) is 18.8 Å². The van der Waals surface area contributed by atoms with E-state index in [2.05, 4.69) is 10.1 Å². The second-order valence-electron chi connectivity index (χ2n) is 3.88. The lowest BCUT2D eigenvalue weighted by atomic mass is 10.2. The molecule has 0 saturated carbocycles. The van der Waals surface area contributed by atoms with Crippen molar-refractivity contribution in [2.24, 2.45) is 0 Å². The van der Waals surface area contributed by atoms with E-state index in [9.17, 15) is 18.0 Å². The van der Waals surface area contributed by atoms with Gasteiger partial charge < -0.3 is 10.2 Å². The number of hydrogen-bond donors (Lipinski definition) is 1. The van der Waals surface area contributed by atoms with E-state index in [-0.39, 0.29) is 25.0 Å². The van der Waals surface area contributed by atoms with Crippen molar-refractivity contribution in [3.8, 4) is 0 Å². The number of carbonyl (C=O) groups is 1. The molecule has 0 bridgehead atoms. The number of halogens is 3. The highest BCUT2D eigenvalue weighted by Crippen LogP contribution is 2.15. The van der Waals surface area contributed by atoms with E-state index in [1.807, 2.05) is 0 Å². The third-order valence-electron chi connectivity index (χ3n) is 2.33. The molecule has 16 heavy (non-hydrogen) atoms. The van der Waals surface area contributed by atoms with Crippen molar-refractivity contribution < 1.29 is 22.7 Å². The van der Waals surface area contributed by atoms with Gasteiger partial charge in [-0.25, -0.2) is 0 Å². The number of likely N-dealkylation sites (N-methyl/N-ethyl adjacent to an activating group) is 1. The number of nitrogens with zero attached hydrogens (tertiary/aromatic N) is 1. The zero-order valence-corrected chi connectivity index (χ0v) is 9.01. The van der Waals surface area contributed by atoms with Gasteiger partial charge in [-0.3, -0.25) is 9.53 Å². The van der Waals surface area contributed by atoms with Crippen molar-refractivity contribution in [1.29, 1.82) is 0 Å². The smallest absolute Gasteiger partial charge is 0.305 e. The van der Waals surface area contributed by atoms with Crippen molar-refractivity contribution in [2.75, 3.05) is 33.3 Å². The number of carbonyl (C=O) groups excluding carboxylic acids is 1. The van der Waals surface area contributed by atoms with Crippen LogP contribution in [0.15, 0.2) is 0 Å². The molecule has 1 rings (SSSR count). The lowest BCUT2D eigenvalue weighted by molar-refractivity contribution is -0.324. The first kappa shape index (κ1) is 13.4. The van der Waals surface area contributed by atoms with Crippen LogP contribution in [0.5, 0.6) is 0 Å². The number of nitrogens with one attached hydrogen (secondary N) is 1. The number of alkyl halides is 3. The summed E-state index contributed by atoms with van der Waals surface area (Å²) in [5.41, 5.74) is 0. The molecule has 0 aromatic carbocycles. The zero-order chi connectivity index (χ0) is 12.2. The molecule has 4 nitrogen and oxygen atoms in total. The third kappa shape index (κ3) is 5.43. The Balaban J connectivity index is 2.11. The average molecular weight is 240 g/mol. The molecular formula is C9H15F3N2O2. The maximum Gasteiger partial charge on any atom is 0.522 e. The van der Waals surface area contributed by atoms with Crippen LogP contribution in [-0.4, -0.2) is 56.4 Å². The number of ether oxygens (including phenoxy) is 1. The van der Waals surface area contributed by atoms with Gasteiger partial charge in [0.15, 0.2) is 0 Å². The summed E-state index contributed by atoms with van der Waals surface area (Å²) in [6, 6.07) is 0.0448. The van der Waals surface area contributed by atoms with Crippen molar-refractivity contribution in [3.63, 3.8) is 0 Å². The van der Waals surface area contributed by atoms with Gasteiger partial charge in [0.2, 0.25) is 0 Å². The average Bonchev–Trinajstić information content (AvgIpc) is 2.48. The number of rotatable bonds is 5. The van der Waals surface area contributed by atoms with Gasteiger partial charge in [-0.15, -0.1) is 13.2 Å². The van der Waals surface area contributed by atoms with Crippen LogP contribution in [0.1, 0.15) is 6.42 Å². The third-order valence-corrected chi connectivity index (χ3v) is 2.33. The van der Waals surface area contributed by atoms with Crippen LogP contribution in [-0.2, 0) is 9.53 Å². The molecule has 94 valence electrons. The Bertz CT molecular complexity index is 245. The van der Waals surface area contributed by atoms with E-state index < -0.39 is 6.36 Å². The number of ketones is 1. The predicted octanol–water partition coefficient (Wildman–Crippen LogP) is 0.386. The Kier molecular flexibility index (Phi) is 4.69. The lowest BCUT2D eigenvalue weighted by Gasteiger charge is -2.20. The molecule has 0 radical (unpaired) electrons. The first-order chi connectivity index (χ1) is 7.37. The molecule has 1 fully saturated rings. The van der Waals surface area contributed by atoms with Crippen molar-refractivity contribution >= 4 is 5.78 Å². The van der Waals surface area contributed by atoms with E-state index in [1.54, 1.807) is 11.9 Å². The molecule has 1 saturated heterocycles. The largest absolute Gasteiger partial charge is 0.522 e. The maximum atomic E-state index is 11.7. The monoisotopic (exact) mass is 240 g/mol. The van der Waals surface area contributed by atoms with Crippen molar-refractivity contribution in [1.82, 2.24) is 10.2 Å². The lowest BCUT2D eigenvalue weighted by Crippen LogP contribution is -2.37. The zero-order valence-electron chi connectivity index (χ0n) is 9.01. The molecule has 1 N–H and O–H groups in total. The summed E-state index contributed by atoms with van der Waals surface area (Å²) in [5.74, 6) is 0.143. The normalized spacial score (nSPS) is 22.1. The van der Waals surface area contributed by atoms with Crippen LogP contribution < -0.4 is 5.32 Å². The fraction of sp³-hybridized carbons (Fsp3) is 0.889. The molecule has 0 spiro atoms. The summed E-state index contributed by atoms with van der Waals surface area (Å²) in [4.78, 5) is 12.6. The SMILES string of the molecule is CN(CCOC(F)(F)F)CC1CC(=O)CN1. The van der Waals surface area contributed by atoms with Gasteiger partial charge in [-0.05, 0) is 7.05 Å². The topological polar surface area (TPSA) is 41.6 Å². The van der Waals surface area contributed by atoms with Crippen LogP contribution in [0.25, 0.3) is 0 Å². The minimum atomic E-state index is -4.57. The highest BCUT2D eigenvalue weighted by atomic mass is 19.4. The van der Waals surface area contributed by atoms with Gasteiger partial charge >= 0.3 is 6.36 Å². The second-order valence-corrected chi connectivity index (χ2v) is 3.88. The van der Waals surface area contributed by atoms with E-state index in [4.69, 9.17) is 0 Å². The minimum Gasteiger partial charge on any atom is -0.305 e. The predicted molar refractivity (Wildman–Crippen MR) is 50.9 cm³/mol. The Labute approximate surface area is 91.7 Å². The molecular weight excluding hydrogens is 225 g/mol. The van der Waals surface area contributed by atoms with E-state index in [0.717, 1.165) is 0 Å². The molecule has 1 aliphatic heterocycles. The van der Waals surface area contributed by atoms with Crippen LogP contribution in [0, 0.1) is 0 Å². The maximum absolute atomic E-state index is 11.7. The summed E-state index contributed by atoms with van der Waals surface area (Å²) in [6.45, 7) is 0.705. The van der Waals surface area contributed by atoms with Gasteiger partial charge in [0, 0.05) is 25.6 Å². The molecule has 0 amide bonds. The number of hydrogen-bond acceptors (Lipinski definition) is 4. The number of Topliss-reactive ketones (excluding diaryl/α,β-unsaturated/α-hetero) is 1. The molecule has 7 heteroatoms. The molecule has 0 aliphatic carbocycles. The summed E-state index contributed by atoms with van der Waals surface area (Å²) in [5, 5.41) is 2.99. The van der Waals surface area contributed by atoms with Gasteiger partial charge in [0.25, 0.3) is 0 Å². The Morgan fingerprint density at radius 3 is 2.75 bits per heavy atom. The van der Waals surface area contributed by atoms with Crippen LogP contribution in [0.2, 0.25) is 0 Å². The summed E-state index contributed by atoms with van der Waals surface area (Å²) in [7, 11) is 1.70. The van der Waals surface area contributed by atoms with Crippen LogP contribution >= 0.6 is 0 Å². The molecule has 1 aliphatic rings. The van der Waals surface area contributed by atoms with Crippen molar-refractivity contribution in [3.05, 3.63) is 0 Å². The summed E-state index contributed by atoms with van der Waals surface area (Å²) in [6.07, 6.45) is -4.12. The Morgan fingerprint density at radius 1 is 1.56 bits per heavy atom. The van der Waals surface area contributed by atoms with Crippen LogP contribution in [0.3, 0.4) is 0 Å². The van der Waals surface area contributed by atoms with Gasteiger partial charge in [-0.1, -0.05) is 0 Å². The van der Waals surface area contributed by atoms with E-state index in [0.29, 0.717) is 19.5 Å². The second kappa shape index (κ2) is 5.60. The molecule has 1 atom stereocenters. The quantitative estimate of drug-likeness (QED) is 0.754. The van der Waals surface area contributed by atoms with Crippen LogP contribution in [0.4, 0.5) is 13.2 Å². The Hall–Kier alpha value is -0.660. The molecule has 1 unspecified atom stereocenters. The van der Waals surface area contributed by atoms with E-state index >= 15 is 0 Å². The summed E-state index contributed by atoms with van der Waals surface area (Å²) >= 11 is 0. The molecule has 0 aromatic heterocycles. The minimum absolute atomic E-state index is 0.0448. The van der Waals surface area contributed by atoms with Gasteiger partial charge in [0.1, 0.15) is 5.78 Å². The fourth-order valence-electron chi connectivity index (χ4n) is 1.59. The first-order valence-electron chi connectivity index (χ1n) is 5.01. The standard InChI is InChI=1S/C9H15F3N2O2/c1-14(2-3-16-9(10,11)12)6-7-4-8(15)5-13-7/h7,13H,2-6H2,1H3. The van der Waals surface area contributed by atoms with Gasteiger partial charge in [0.05, 0.1) is 13.2 Å². The highest BCUT2D eigenvalue weighted by Gasteiger charge is 2.29. The Morgan fingerprint density at radius 2 is 2.25 bits per heavy atom. The fourth-order valence-corrected chi connectivity index (χ4v) is 1.59.